The molecular formula is C15H30N2. The van der Waals surface area contributed by atoms with Crippen molar-refractivity contribution in [2.24, 2.45) is 23.0 Å². The van der Waals surface area contributed by atoms with E-state index in [1.165, 1.54) is 38.8 Å². The van der Waals surface area contributed by atoms with Gasteiger partial charge in [-0.1, -0.05) is 27.7 Å². The fourth-order valence-electron chi connectivity index (χ4n) is 4.16. The van der Waals surface area contributed by atoms with Crippen LogP contribution in [0.2, 0.25) is 0 Å². The molecule has 0 amide bonds. The van der Waals surface area contributed by atoms with Gasteiger partial charge < -0.3 is 5.73 Å². The molecule has 1 aliphatic carbocycles. The van der Waals surface area contributed by atoms with Crippen molar-refractivity contribution in [3.8, 4) is 0 Å². The molecule has 2 heteroatoms. The lowest BCUT2D eigenvalue weighted by Crippen LogP contribution is -2.60. The number of rotatable bonds is 2. The monoisotopic (exact) mass is 238 g/mol. The zero-order valence-electron chi connectivity index (χ0n) is 12.1. The lowest BCUT2D eigenvalue weighted by molar-refractivity contribution is -0.0104. The zero-order valence-corrected chi connectivity index (χ0v) is 12.1. The number of likely N-dealkylation sites (tertiary alicyclic amines) is 1. The molecular weight excluding hydrogens is 208 g/mol. The van der Waals surface area contributed by atoms with E-state index in [-0.39, 0.29) is 0 Å². The summed E-state index contributed by atoms with van der Waals surface area (Å²) in [5.74, 6) is 1.60. The number of nitrogens with two attached hydrogens (primary N) is 1. The van der Waals surface area contributed by atoms with Crippen LogP contribution in [-0.4, -0.2) is 30.1 Å². The first-order chi connectivity index (χ1) is 7.89. The fraction of sp³-hybridized carbons (Fsp3) is 1.00. The molecule has 0 radical (unpaired) electrons. The molecule has 3 unspecified atom stereocenters. The largest absolute Gasteiger partial charge is 0.329 e. The third-order valence-corrected chi connectivity index (χ3v) is 5.42. The molecule has 2 fully saturated rings. The van der Waals surface area contributed by atoms with Gasteiger partial charge in [0.15, 0.2) is 0 Å². The lowest BCUT2D eigenvalue weighted by Gasteiger charge is -2.53. The molecule has 0 aromatic rings. The van der Waals surface area contributed by atoms with Gasteiger partial charge in [-0.2, -0.15) is 0 Å². The molecule has 1 aliphatic heterocycles. The minimum Gasteiger partial charge on any atom is -0.329 e. The summed E-state index contributed by atoms with van der Waals surface area (Å²) in [5, 5.41) is 0. The Morgan fingerprint density at radius 2 is 1.94 bits per heavy atom. The molecule has 1 heterocycles. The Bertz CT molecular complexity index is 274. The van der Waals surface area contributed by atoms with Crippen molar-refractivity contribution in [2.75, 3.05) is 19.6 Å². The first-order valence-electron chi connectivity index (χ1n) is 7.35. The van der Waals surface area contributed by atoms with Gasteiger partial charge in [-0.05, 0) is 49.5 Å². The molecule has 0 aromatic carbocycles. The van der Waals surface area contributed by atoms with E-state index in [1.54, 1.807) is 0 Å². The van der Waals surface area contributed by atoms with Crippen LogP contribution >= 0.6 is 0 Å². The highest BCUT2D eigenvalue weighted by Crippen LogP contribution is 2.47. The van der Waals surface area contributed by atoms with Crippen molar-refractivity contribution in [1.29, 1.82) is 0 Å². The highest BCUT2D eigenvalue weighted by atomic mass is 15.2. The predicted octanol–water partition coefficient (Wildman–Crippen LogP) is 2.87. The molecule has 0 aromatic heterocycles. The van der Waals surface area contributed by atoms with Gasteiger partial charge in [-0.25, -0.2) is 0 Å². The second-order valence-corrected chi connectivity index (χ2v) is 7.42. The van der Waals surface area contributed by atoms with Crippen molar-refractivity contribution in [3.05, 3.63) is 0 Å². The molecule has 100 valence electrons. The highest BCUT2D eigenvalue weighted by molar-refractivity contribution is 5.03. The molecule has 0 spiro atoms. The normalized spacial score (nSPS) is 42.9. The average molecular weight is 238 g/mol. The second-order valence-electron chi connectivity index (χ2n) is 7.42. The third kappa shape index (κ3) is 2.39. The van der Waals surface area contributed by atoms with Crippen LogP contribution in [0.3, 0.4) is 0 Å². The van der Waals surface area contributed by atoms with Gasteiger partial charge in [-0.3, -0.25) is 4.90 Å². The Morgan fingerprint density at radius 3 is 2.41 bits per heavy atom. The van der Waals surface area contributed by atoms with E-state index in [9.17, 15) is 0 Å². The van der Waals surface area contributed by atoms with Gasteiger partial charge >= 0.3 is 0 Å². The van der Waals surface area contributed by atoms with Crippen LogP contribution in [0.4, 0.5) is 0 Å². The first-order valence-corrected chi connectivity index (χ1v) is 7.35. The summed E-state index contributed by atoms with van der Waals surface area (Å²) in [6.45, 7) is 13.0. The van der Waals surface area contributed by atoms with E-state index in [0.717, 1.165) is 18.4 Å². The molecule has 2 nitrogen and oxygen atoms in total. The Hall–Kier alpha value is -0.0800. The summed E-state index contributed by atoms with van der Waals surface area (Å²) < 4.78 is 0. The lowest BCUT2D eigenvalue weighted by atomic mass is 9.63. The Labute approximate surface area is 107 Å². The first kappa shape index (κ1) is 13.4. The quantitative estimate of drug-likeness (QED) is 0.801. The molecule has 2 rings (SSSR count). The highest BCUT2D eigenvalue weighted by Gasteiger charge is 2.47. The summed E-state index contributed by atoms with van der Waals surface area (Å²) in [4.78, 5) is 2.72. The van der Waals surface area contributed by atoms with Crippen LogP contribution in [0.25, 0.3) is 0 Å². The predicted molar refractivity (Wildman–Crippen MR) is 73.9 cm³/mol. The minimum atomic E-state index is 0.306. The molecule has 17 heavy (non-hydrogen) atoms. The Balaban J connectivity index is 2.14. The van der Waals surface area contributed by atoms with Crippen LogP contribution in [0, 0.1) is 17.3 Å². The van der Waals surface area contributed by atoms with Crippen molar-refractivity contribution < 1.29 is 0 Å². The van der Waals surface area contributed by atoms with E-state index in [1.807, 2.05) is 0 Å². The summed E-state index contributed by atoms with van der Waals surface area (Å²) in [6, 6.07) is 0. The standard InChI is InChI=1S/C15H30N2/c1-12-5-8-17(10-12)15(11-16)7-6-14(3,4)9-13(15)2/h12-13H,5-11,16H2,1-4H3. The Morgan fingerprint density at radius 1 is 1.24 bits per heavy atom. The van der Waals surface area contributed by atoms with Gasteiger partial charge in [0, 0.05) is 18.6 Å². The van der Waals surface area contributed by atoms with Crippen LogP contribution in [0.5, 0.6) is 0 Å². The van der Waals surface area contributed by atoms with Crippen molar-refractivity contribution in [2.45, 2.75) is 58.9 Å². The van der Waals surface area contributed by atoms with E-state index in [2.05, 4.69) is 32.6 Å². The number of hydrogen-bond donors (Lipinski definition) is 1. The fourth-order valence-corrected chi connectivity index (χ4v) is 4.16. The van der Waals surface area contributed by atoms with Crippen molar-refractivity contribution >= 4 is 0 Å². The third-order valence-electron chi connectivity index (χ3n) is 5.42. The maximum atomic E-state index is 6.20. The van der Waals surface area contributed by atoms with Crippen LogP contribution in [0.1, 0.15) is 53.4 Å². The molecule has 2 aliphatic rings. The molecule has 0 bridgehead atoms. The number of hydrogen-bond acceptors (Lipinski definition) is 2. The minimum absolute atomic E-state index is 0.306. The topological polar surface area (TPSA) is 29.3 Å². The van der Waals surface area contributed by atoms with Crippen molar-refractivity contribution in [3.63, 3.8) is 0 Å². The van der Waals surface area contributed by atoms with E-state index in [4.69, 9.17) is 5.73 Å². The van der Waals surface area contributed by atoms with E-state index < -0.39 is 0 Å². The molecule has 1 saturated heterocycles. The zero-order chi connectivity index (χ0) is 12.7. The summed E-state index contributed by atoms with van der Waals surface area (Å²) in [6.07, 6.45) is 5.32. The smallest absolute Gasteiger partial charge is 0.0357 e. The molecule has 2 N–H and O–H groups in total. The summed E-state index contributed by atoms with van der Waals surface area (Å²) in [5.41, 5.74) is 7.02. The van der Waals surface area contributed by atoms with Gasteiger partial charge in [0.25, 0.3) is 0 Å². The van der Waals surface area contributed by atoms with Gasteiger partial charge in [-0.15, -0.1) is 0 Å². The van der Waals surface area contributed by atoms with E-state index >= 15 is 0 Å². The van der Waals surface area contributed by atoms with E-state index in [0.29, 0.717) is 11.0 Å². The maximum absolute atomic E-state index is 6.20. The van der Waals surface area contributed by atoms with Gasteiger partial charge in [0.2, 0.25) is 0 Å². The number of nitrogens with zero attached hydrogens (tertiary/aromatic N) is 1. The second kappa shape index (κ2) is 4.55. The van der Waals surface area contributed by atoms with Crippen LogP contribution in [0.15, 0.2) is 0 Å². The maximum Gasteiger partial charge on any atom is 0.0357 e. The average Bonchev–Trinajstić information content (AvgIpc) is 2.65. The van der Waals surface area contributed by atoms with Crippen molar-refractivity contribution in [1.82, 2.24) is 4.90 Å². The molecule has 3 atom stereocenters. The van der Waals surface area contributed by atoms with Gasteiger partial charge in [0.05, 0.1) is 0 Å². The molecule has 1 saturated carbocycles. The van der Waals surface area contributed by atoms with Crippen LogP contribution in [-0.2, 0) is 0 Å². The Kier molecular flexibility index (Phi) is 3.57. The summed E-state index contributed by atoms with van der Waals surface area (Å²) in [7, 11) is 0. The SMILES string of the molecule is CC1CCN(C2(CN)CCC(C)(C)CC2C)C1. The summed E-state index contributed by atoms with van der Waals surface area (Å²) >= 11 is 0. The van der Waals surface area contributed by atoms with Gasteiger partial charge in [0.1, 0.15) is 0 Å². The van der Waals surface area contributed by atoms with Crippen LogP contribution < -0.4 is 5.73 Å².